The lowest BCUT2D eigenvalue weighted by atomic mass is 10.2. The molecule has 14 heteroatoms. The van der Waals surface area contributed by atoms with Gasteiger partial charge in [-0.05, 0) is 25.9 Å². The molecule has 0 aromatic rings. The molecule has 254 valence electrons. The predicted molar refractivity (Wildman–Crippen MR) is 180 cm³/mol. The summed E-state index contributed by atoms with van der Waals surface area (Å²) in [4.78, 5) is 14.6. The first kappa shape index (κ1) is 41.4. The lowest BCUT2D eigenvalue weighted by Gasteiger charge is -2.31. The molecule has 0 bridgehead atoms. The molecule has 0 rings (SSSR count). The molecular weight excluding hydrogens is 532 g/mol. The largest absolute Gasteiger partial charge is 0.329 e. The lowest BCUT2D eigenvalue weighted by Crippen LogP contribution is -2.44. The maximum atomic E-state index is 5.85. The zero-order chi connectivity index (χ0) is 31.3. The smallest absolute Gasteiger partial charge is 0.0110 e. The molecule has 0 aliphatic carbocycles. The Labute approximate surface area is 258 Å². The SMILES string of the molecule is NCCN(CCN)CCN(CCCCN(CCN(CCN)CCN)CCN(CCN)CCN)CCN(CCN)CCN. The first-order valence-corrected chi connectivity index (χ1v) is 16.5. The topological polar surface area (TPSA) is 228 Å². The standard InChI is InChI=1S/C28H72N14/c29-3-13-39(14-4-30)25-21-37(22-26-40(15-5-31)16-6-32)11-1-2-12-38(23-27-41(17-7-33)18-8-34)24-28-42(19-9-35)20-10-36/h1-36H2. The highest BCUT2D eigenvalue weighted by Crippen LogP contribution is 2.03. The summed E-state index contributed by atoms with van der Waals surface area (Å²) in [6.07, 6.45) is 2.28. The maximum absolute atomic E-state index is 5.85. The Bertz CT molecular complexity index is 437. The highest BCUT2D eigenvalue weighted by atomic mass is 15.2. The van der Waals surface area contributed by atoms with E-state index in [4.69, 9.17) is 45.9 Å². The molecular formula is C28H72N14. The zero-order valence-corrected chi connectivity index (χ0v) is 27.1. The summed E-state index contributed by atoms with van der Waals surface area (Å²) < 4.78 is 0. The van der Waals surface area contributed by atoms with Gasteiger partial charge in [0.1, 0.15) is 0 Å². The van der Waals surface area contributed by atoms with Crippen LogP contribution in [0, 0.1) is 0 Å². The number of hydrogen-bond acceptors (Lipinski definition) is 14. The van der Waals surface area contributed by atoms with Gasteiger partial charge in [0.25, 0.3) is 0 Å². The van der Waals surface area contributed by atoms with Crippen molar-refractivity contribution in [2.45, 2.75) is 12.8 Å². The average Bonchev–Trinajstić information content (AvgIpc) is 2.97. The highest BCUT2D eigenvalue weighted by Gasteiger charge is 2.14. The third-order valence-electron chi connectivity index (χ3n) is 7.69. The summed E-state index contributed by atoms with van der Waals surface area (Å²) in [5.74, 6) is 0. The van der Waals surface area contributed by atoms with Gasteiger partial charge in [0.05, 0.1) is 0 Å². The van der Waals surface area contributed by atoms with Gasteiger partial charge in [-0.3, -0.25) is 19.6 Å². The van der Waals surface area contributed by atoms with Crippen LogP contribution in [0.2, 0.25) is 0 Å². The van der Waals surface area contributed by atoms with E-state index in [1.807, 2.05) is 0 Å². The Kier molecular flexibility index (Phi) is 30.1. The Balaban J connectivity index is 5.16. The van der Waals surface area contributed by atoms with Crippen molar-refractivity contribution in [2.24, 2.45) is 45.9 Å². The summed E-state index contributed by atoms with van der Waals surface area (Å²) in [7, 11) is 0. The summed E-state index contributed by atoms with van der Waals surface area (Å²) in [6, 6.07) is 0. The van der Waals surface area contributed by atoms with Crippen LogP contribution in [0.25, 0.3) is 0 Å². The van der Waals surface area contributed by atoms with Crippen LogP contribution in [0.5, 0.6) is 0 Å². The maximum Gasteiger partial charge on any atom is 0.0110 e. The van der Waals surface area contributed by atoms with E-state index in [0.29, 0.717) is 52.4 Å². The second-order valence-corrected chi connectivity index (χ2v) is 11.1. The van der Waals surface area contributed by atoms with E-state index in [2.05, 4.69) is 29.4 Å². The Morgan fingerprint density at radius 1 is 0.190 bits per heavy atom. The molecule has 0 fully saturated rings. The molecule has 0 aliphatic rings. The minimum atomic E-state index is 0.651. The second-order valence-electron chi connectivity index (χ2n) is 11.1. The van der Waals surface area contributed by atoms with E-state index in [-0.39, 0.29) is 0 Å². The number of unbranched alkanes of at least 4 members (excludes halogenated alkanes) is 1. The summed E-state index contributed by atoms with van der Waals surface area (Å²) in [5.41, 5.74) is 46.8. The van der Waals surface area contributed by atoms with Gasteiger partial charge < -0.3 is 55.7 Å². The van der Waals surface area contributed by atoms with Crippen LogP contribution in [0.4, 0.5) is 0 Å². The fourth-order valence-corrected chi connectivity index (χ4v) is 5.28. The molecule has 14 nitrogen and oxygen atoms in total. The Morgan fingerprint density at radius 3 is 0.476 bits per heavy atom. The van der Waals surface area contributed by atoms with E-state index in [9.17, 15) is 0 Å². The normalized spacial score (nSPS) is 12.4. The van der Waals surface area contributed by atoms with Gasteiger partial charge >= 0.3 is 0 Å². The van der Waals surface area contributed by atoms with Crippen molar-refractivity contribution < 1.29 is 0 Å². The van der Waals surface area contributed by atoms with Crippen molar-refractivity contribution in [3.63, 3.8) is 0 Å². The van der Waals surface area contributed by atoms with Crippen LogP contribution in [0.3, 0.4) is 0 Å². The average molecular weight is 605 g/mol. The monoisotopic (exact) mass is 605 g/mol. The minimum absolute atomic E-state index is 0.651. The predicted octanol–water partition coefficient (Wildman–Crippen LogP) is -4.75. The third-order valence-corrected chi connectivity index (χ3v) is 7.69. The van der Waals surface area contributed by atoms with Crippen LogP contribution >= 0.6 is 0 Å². The summed E-state index contributed by atoms with van der Waals surface area (Å²) >= 11 is 0. The van der Waals surface area contributed by atoms with E-state index >= 15 is 0 Å². The first-order valence-electron chi connectivity index (χ1n) is 16.5. The van der Waals surface area contributed by atoms with E-state index in [0.717, 1.165) is 131 Å². The van der Waals surface area contributed by atoms with Gasteiger partial charge in [-0.1, -0.05) is 0 Å². The molecule has 0 amide bonds. The number of nitrogens with two attached hydrogens (primary N) is 8. The summed E-state index contributed by atoms with van der Waals surface area (Å²) in [6.45, 7) is 22.3. The quantitative estimate of drug-likeness (QED) is 0.0329. The highest BCUT2D eigenvalue weighted by molar-refractivity contribution is 4.71. The van der Waals surface area contributed by atoms with Gasteiger partial charge in [-0.25, -0.2) is 0 Å². The van der Waals surface area contributed by atoms with Crippen molar-refractivity contribution in [3.05, 3.63) is 0 Å². The third kappa shape index (κ3) is 22.9. The molecule has 0 unspecified atom stereocenters. The molecule has 0 saturated carbocycles. The summed E-state index contributed by atoms with van der Waals surface area (Å²) in [5, 5.41) is 0. The van der Waals surface area contributed by atoms with Crippen LogP contribution < -0.4 is 45.9 Å². The van der Waals surface area contributed by atoms with Gasteiger partial charge in [-0.15, -0.1) is 0 Å². The molecule has 0 heterocycles. The number of nitrogens with zero attached hydrogens (tertiary/aromatic N) is 6. The molecule has 0 saturated heterocycles. The van der Waals surface area contributed by atoms with Gasteiger partial charge in [-0.2, -0.15) is 0 Å². The molecule has 0 atom stereocenters. The molecule has 0 spiro atoms. The Morgan fingerprint density at radius 2 is 0.333 bits per heavy atom. The van der Waals surface area contributed by atoms with Crippen LogP contribution in [-0.2, 0) is 0 Å². The molecule has 16 N–H and O–H groups in total. The molecule has 0 aromatic carbocycles. The second kappa shape index (κ2) is 30.5. The van der Waals surface area contributed by atoms with Gasteiger partial charge in [0.15, 0.2) is 0 Å². The van der Waals surface area contributed by atoms with Gasteiger partial charge in [0, 0.05) is 157 Å². The van der Waals surface area contributed by atoms with Crippen LogP contribution in [0.1, 0.15) is 12.8 Å². The number of rotatable bonds is 33. The van der Waals surface area contributed by atoms with Crippen molar-refractivity contribution in [1.29, 1.82) is 0 Å². The van der Waals surface area contributed by atoms with Crippen molar-refractivity contribution in [3.8, 4) is 0 Å². The lowest BCUT2D eigenvalue weighted by molar-refractivity contribution is 0.165. The molecule has 0 aliphatic heterocycles. The molecule has 0 radical (unpaired) electrons. The van der Waals surface area contributed by atoms with E-state index in [1.54, 1.807) is 0 Å². The first-order chi connectivity index (χ1) is 20.5. The molecule has 42 heavy (non-hydrogen) atoms. The minimum Gasteiger partial charge on any atom is -0.329 e. The van der Waals surface area contributed by atoms with Crippen molar-refractivity contribution in [1.82, 2.24) is 29.4 Å². The van der Waals surface area contributed by atoms with Crippen molar-refractivity contribution >= 4 is 0 Å². The fourth-order valence-electron chi connectivity index (χ4n) is 5.28. The van der Waals surface area contributed by atoms with E-state index < -0.39 is 0 Å². The van der Waals surface area contributed by atoms with Gasteiger partial charge in [0.2, 0.25) is 0 Å². The van der Waals surface area contributed by atoms with Crippen LogP contribution in [0.15, 0.2) is 0 Å². The molecule has 0 aromatic heterocycles. The fraction of sp³-hybridized carbons (Fsp3) is 1.00. The van der Waals surface area contributed by atoms with Crippen LogP contribution in [-0.4, -0.2) is 200 Å². The number of hydrogen-bond donors (Lipinski definition) is 8. The van der Waals surface area contributed by atoms with Crippen molar-refractivity contribution in [2.75, 3.05) is 170 Å². The zero-order valence-electron chi connectivity index (χ0n) is 27.1. The van der Waals surface area contributed by atoms with E-state index in [1.165, 1.54) is 0 Å². The Hall–Kier alpha value is -0.560.